The van der Waals surface area contributed by atoms with Gasteiger partial charge in [0.2, 0.25) is 0 Å². The van der Waals surface area contributed by atoms with E-state index in [1.165, 1.54) is 6.07 Å². The Kier molecular flexibility index (Phi) is 1.99. The van der Waals surface area contributed by atoms with Crippen LogP contribution < -0.4 is 11.1 Å². The monoisotopic (exact) mass is 194 g/mol. The second-order valence-corrected chi connectivity index (χ2v) is 3.12. The molecule has 1 aromatic heterocycles. The molecule has 1 aliphatic rings. The molecule has 0 fully saturated rings. The highest BCUT2D eigenvalue weighted by molar-refractivity contribution is 6.03. The molecule has 5 heteroatoms. The highest BCUT2D eigenvalue weighted by Crippen LogP contribution is 2.17. The van der Waals surface area contributed by atoms with E-state index in [1.807, 2.05) is 0 Å². The molecule has 2 rings (SSSR count). The van der Waals surface area contributed by atoms with Crippen molar-refractivity contribution in [3.8, 4) is 5.75 Å². The number of hydrazone groups is 1. The quantitative estimate of drug-likeness (QED) is 0.676. The summed E-state index contributed by atoms with van der Waals surface area (Å²) < 4.78 is 4.88. The minimum atomic E-state index is -0.537. The van der Waals surface area contributed by atoms with Crippen molar-refractivity contribution in [1.82, 2.24) is 5.43 Å². The molecule has 0 saturated heterocycles. The number of hydrogen-bond acceptors (Lipinski definition) is 5. The molecule has 0 aromatic carbocycles. The van der Waals surface area contributed by atoms with Gasteiger partial charge in [-0.15, -0.1) is 0 Å². The Morgan fingerprint density at radius 3 is 3.00 bits per heavy atom. The van der Waals surface area contributed by atoms with Crippen molar-refractivity contribution in [2.24, 2.45) is 5.10 Å². The van der Waals surface area contributed by atoms with E-state index in [0.29, 0.717) is 24.4 Å². The first-order valence-corrected chi connectivity index (χ1v) is 4.32. The minimum Gasteiger partial charge on any atom is -0.507 e. The highest BCUT2D eigenvalue weighted by Gasteiger charge is 2.18. The van der Waals surface area contributed by atoms with Crippen LogP contribution in [0.15, 0.2) is 20.4 Å². The van der Waals surface area contributed by atoms with Gasteiger partial charge in [-0.25, -0.2) is 4.79 Å². The van der Waals surface area contributed by atoms with Crippen LogP contribution in [0.4, 0.5) is 0 Å². The lowest BCUT2D eigenvalue weighted by Gasteiger charge is -2.01. The molecule has 1 aromatic rings. The van der Waals surface area contributed by atoms with Crippen molar-refractivity contribution in [1.29, 1.82) is 0 Å². The second kappa shape index (κ2) is 3.17. The largest absolute Gasteiger partial charge is 0.507 e. The van der Waals surface area contributed by atoms with Crippen LogP contribution in [0, 0.1) is 6.92 Å². The molecule has 0 spiro atoms. The minimum absolute atomic E-state index is 0.0683. The first-order chi connectivity index (χ1) is 6.68. The van der Waals surface area contributed by atoms with Gasteiger partial charge in [0.1, 0.15) is 17.1 Å². The van der Waals surface area contributed by atoms with E-state index in [0.717, 1.165) is 0 Å². The van der Waals surface area contributed by atoms with Gasteiger partial charge >= 0.3 is 5.63 Å². The third kappa shape index (κ3) is 1.37. The van der Waals surface area contributed by atoms with Crippen LogP contribution in [-0.4, -0.2) is 17.4 Å². The summed E-state index contributed by atoms with van der Waals surface area (Å²) in [5.41, 5.74) is 2.92. The number of nitrogens with one attached hydrogen (secondary N) is 1. The van der Waals surface area contributed by atoms with Gasteiger partial charge < -0.3 is 14.9 Å². The molecule has 0 aliphatic carbocycles. The standard InChI is InChI=1S/C9H10N2O3/c1-5-4-7(12)8(9(13)14-5)6-2-3-10-11-6/h4,10,12H,2-3H2,1H3. The second-order valence-electron chi connectivity index (χ2n) is 3.12. The zero-order valence-electron chi connectivity index (χ0n) is 7.70. The fourth-order valence-electron chi connectivity index (χ4n) is 1.42. The molecule has 0 amide bonds. The average Bonchev–Trinajstić information content (AvgIpc) is 2.54. The maximum absolute atomic E-state index is 11.4. The van der Waals surface area contributed by atoms with Crippen LogP contribution in [0.2, 0.25) is 0 Å². The summed E-state index contributed by atoms with van der Waals surface area (Å²) in [4.78, 5) is 11.4. The molecule has 74 valence electrons. The summed E-state index contributed by atoms with van der Waals surface area (Å²) in [6.45, 7) is 2.29. The third-order valence-electron chi connectivity index (χ3n) is 2.03. The predicted octanol–water partition coefficient (Wildman–Crippen LogP) is 0.351. The van der Waals surface area contributed by atoms with Gasteiger partial charge in [0.25, 0.3) is 0 Å². The Bertz CT molecular complexity index is 448. The Labute approximate surface area is 80.1 Å². The SMILES string of the molecule is Cc1cc(O)c(C2=NNCC2)c(=O)o1. The molecule has 2 N–H and O–H groups in total. The summed E-state index contributed by atoms with van der Waals surface area (Å²) in [5, 5.41) is 13.5. The Balaban J connectivity index is 2.58. The van der Waals surface area contributed by atoms with Crippen LogP contribution in [0.25, 0.3) is 0 Å². The van der Waals surface area contributed by atoms with Crippen molar-refractivity contribution in [3.63, 3.8) is 0 Å². The average molecular weight is 194 g/mol. The normalized spacial score (nSPS) is 15.1. The topological polar surface area (TPSA) is 74.8 Å². The van der Waals surface area contributed by atoms with Crippen LogP contribution in [0.1, 0.15) is 17.7 Å². The van der Waals surface area contributed by atoms with Gasteiger partial charge in [0.05, 0.1) is 5.71 Å². The van der Waals surface area contributed by atoms with Crippen molar-refractivity contribution < 1.29 is 9.52 Å². The van der Waals surface area contributed by atoms with Gasteiger partial charge in [0, 0.05) is 19.0 Å². The fraction of sp³-hybridized carbons (Fsp3) is 0.333. The summed E-state index contributed by atoms with van der Waals surface area (Å²) in [7, 11) is 0. The molecular weight excluding hydrogens is 184 g/mol. The summed E-state index contributed by atoms with van der Waals surface area (Å²) >= 11 is 0. The zero-order chi connectivity index (χ0) is 10.1. The van der Waals surface area contributed by atoms with Gasteiger partial charge in [0.15, 0.2) is 0 Å². The number of hydrogen-bond donors (Lipinski definition) is 2. The lowest BCUT2D eigenvalue weighted by atomic mass is 10.1. The first kappa shape index (κ1) is 8.80. The van der Waals surface area contributed by atoms with Gasteiger partial charge in [-0.3, -0.25) is 0 Å². The molecule has 5 nitrogen and oxygen atoms in total. The lowest BCUT2D eigenvalue weighted by Crippen LogP contribution is -2.14. The molecule has 14 heavy (non-hydrogen) atoms. The Morgan fingerprint density at radius 1 is 1.64 bits per heavy atom. The Hall–Kier alpha value is -1.78. The number of nitrogens with zero attached hydrogens (tertiary/aromatic N) is 1. The molecule has 2 heterocycles. The summed E-state index contributed by atoms with van der Waals surface area (Å²) in [6.07, 6.45) is 0.626. The molecule has 0 saturated carbocycles. The van der Waals surface area contributed by atoms with Gasteiger partial charge in [-0.2, -0.15) is 5.10 Å². The number of aryl methyl sites for hydroxylation is 1. The highest BCUT2D eigenvalue weighted by atomic mass is 16.4. The van der Waals surface area contributed by atoms with Crippen LogP contribution in [-0.2, 0) is 0 Å². The summed E-state index contributed by atoms with van der Waals surface area (Å²) in [6, 6.07) is 1.41. The molecule has 0 bridgehead atoms. The van der Waals surface area contributed by atoms with Crippen molar-refractivity contribution >= 4 is 5.71 Å². The van der Waals surface area contributed by atoms with Crippen molar-refractivity contribution in [3.05, 3.63) is 27.8 Å². The molecular formula is C9H10N2O3. The van der Waals surface area contributed by atoms with E-state index < -0.39 is 5.63 Å². The van der Waals surface area contributed by atoms with Gasteiger partial charge in [-0.1, -0.05) is 0 Å². The molecule has 0 unspecified atom stereocenters. The number of aromatic hydroxyl groups is 1. The molecule has 0 radical (unpaired) electrons. The molecule has 1 aliphatic heterocycles. The summed E-state index contributed by atoms with van der Waals surface area (Å²) in [5.74, 6) is 0.323. The van der Waals surface area contributed by atoms with E-state index in [-0.39, 0.29) is 11.3 Å². The van der Waals surface area contributed by atoms with E-state index in [1.54, 1.807) is 6.92 Å². The number of rotatable bonds is 1. The van der Waals surface area contributed by atoms with Gasteiger partial charge in [-0.05, 0) is 6.92 Å². The van der Waals surface area contributed by atoms with Crippen LogP contribution in [0.5, 0.6) is 5.75 Å². The zero-order valence-corrected chi connectivity index (χ0v) is 7.70. The fourth-order valence-corrected chi connectivity index (χ4v) is 1.42. The van der Waals surface area contributed by atoms with E-state index in [4.69, 9.17) is 4.42 Å². The third-order valence-corrected chi connectivity index (χ3v) is 2.03. The van der Waals surface area contributed by atoms with E-state index in [9.17, 15) is 9.90 Å². The van der Waals surface area contributed by atoms with Crippen LogP contribution in [0.3, 0.4) is 0 Å². The van der Waals surface area contributed by atoms with E-state index >= 15 is 0 Å². The first-order valence-electron chi connectivity index (χ1n) is 4.32. The van der Waals surface area contributed by atoms with Crippen molar-refractivity contribution in [2.45, 2.75) is 13.3 Å². The predicted molar refractivity (Wildman–Crippen MR) is 50.5 cm³/mol. The molecule has 0 atom stereocenters. The maximum atomic E-state index is 11.4. The van der Waals surface area contributed by atoms with Crippen LogP contribution >= 0.6 is 0 Å². The van der Waals surface area contributed by atoms with Crippen molar-refractivity contribution in [2.75, 3.05) is 6.54 Å². The maximum Gasteiger partial charge on any atom is 0.348 e. The Morgan fingerprint density at radius 2 is 2.43 bits per heavy atom. The lowest BCUT2D eigenvalue weighted by molar-refractivity contribution is 0.432. The smallest absolute Gasteiger partial charge is 0.348 e. The van der Waals surface area contributed by atoms with E-state index in [2.05, 4.69) is 10.5 Å².